The Labute approximate surface area is 153 Å². The molecule has 0 fully saturated rings. The summed E-state index contributed by atoms with van der Waals surface area (Å²) in [5, 5.41) is 0. The van der Waals surface area contributed by atoms with Gasteiger partial charge in [-0.2, -0.15) is 0 Å². The minimum absolute atomic E-state index is 0.0166. The molecule has 3 rings (SSSR count). The highest BCUT2D eigenvalue weighted by Crippen LogP contribution is 2.50. The average molecular weight is 334 g/mol. The quantitative estimate of drug-likeness (QED) is 0.643. The van der Waals surface area contributed by atoms with Crippen molar-refractivity contribution in [2.75, 3.05) is 11.4 Å². The molecule has 0 aliphatic carbocycles. The summed E-state index contributed by atoms with van der Waals surface area (Å²) in [4.78, 5) is 2.49. The van der Waals surface area contributed by atoms with E-state index in [1.165, 1.54) is 28.1 Å². The number of allylic oxidation sites excluding steroid dienone is 2. The molecule has 0 N–H and O–H groups in total. The molecule has 0 radical (unpaired) electrons. The molecule has 1 heteroatoms. The number of anilines is 1. The molecule has 132 valence electrons. The highest BCUT2D eigenvalue weighted by atomic mass is 15.2. The first-order valence-electron chi connectivity index (χ1n) is 9.44. The molecule has 1 nitrogen and oxygen atoms in total. The molecule has 25 heavy (non-hydrogen) atoms. The van der Waals surface area contributed by atoms with Gasteiger partial charge in [-0.05, 0) is 55.4 Å². The van der Waals surface area contributed by atoms with Crippen LogP contribution < -0.4 is 4.90 Å². The van der Waals surface area contributed by atoms with Crippen LogP contribution >= 0.6 is 0 Å². The molecule has 0 saturated carbocycles. The minimum Gasteiger partial charge on any atom is -0.345 e. The number of hydrogen-bond donors (Lipinski definition) is 0. The second-order valence-corrected chi connectivity index (χ2v) is 8.39. The van der Waals surface area contributed by atoms with Crippen LogP contribution in [0, 0.1) is 0 Å². The molecule has 1 unspecified atom stereocenters. The summed E-state index contributed by atoms with van der Waals surface area (Å²) in [6.45, 7) is 14.7. The van der Waals surface area contributed by atoms with Crippen molar-refractivity contribution in [2.24, 2.45) is 0 Å². The summed E-state index contributed by atoms with van der Waals surface area (Å²) in [6.07, 6.45) is 3.34. The van der Waals surface area contributed by atoms with Crippen molar-refractivity contribution in [1.82, 2.24) is 0 Å². The lowest BCUT2D eigenvalue weighted by molar-refractivity contribution is 0.554. The maximum Gasteiger partial charge on any atom is 0.0450 e. The normalized spacial score (nSPS) is 21.7. The van der Waals surface area contributed by atoms with Crippen molar-refractivity contribution in [2.45, 2.75) is 58.8 Å². The third-order valence-corrected chi connectivity index (χ3v) is 5.59. The van der Waals surface area contributed by atoms with Gasteiger partial charge in [-0.15, -0.1) is 0 Å². The number of hydrogen-bond acceptors (Lipinski definition) is 1. The van der Waals surface area contributed by atoms with Gasteiger partial charge in [0.25, 0.3) is 0 Å². The molecule has 1 atom stereocenters. The van der Waals surface area contributed by atoms with E-state index in [2.05, 4.69) is 101 Å². The number of benzene rings is 2. The van der Waals surface area contributed by atoms with Crippen molar-refractivity contribution in [3.8, 4) is 0 Å². The zero-order valence-corrected chi connectivity index (χ0v) is 16.6. The molecule has 0 saturated heterocycles. The molecule has 2 aromatic rings. The van der Waals surface area contributed by atoms with Crippen molar-refractivity contribution in [1.29, 1.82) is 0 Å². The molecule has 2 aromatic carbocycles. The van der Waals surface area contributed by atoms with E-state index in [0.717, 1.165) is 13.0 Å². The maximum atomic E-state index is 2.49. The first-order chi connectivity index (χ1) is 11.8. The third-order valence-electron chi connectivity index (χ3n) is 5.59. The summed E-state index contributed by atoms with van der Waals surface area (Å²) in [6, 6.07) is 18.0. The van der Waals surface area contributed by atoms with Crippen LogP contribution in [0.15, 0.2) is 60.3 Å². The number of rotatable bonds is 3. The van der Waals surface area contributed by atoms with Gasteiger partial charge in [0.2, 0.25) is 0 Å². The van der Waals surface area contributed by atoms with Crippen molar-refractivity contribution >= 4 is 5.69 Å². The van der Waals surface area contributed by atoms with Crippen molar-refractivity contribution in [3.05, 3.63) is 77.0 Å². The van der Waals surface area contributed by atoms with E-state index in [9.17, 15) is 0 Å². The number of likely N-dealkylation sites (N-methyl/N-ethyl adjacent to an activating group) is 1. The molecule has 1 heterocycles. The van der Waals surface area contributed by atoms with E-state index in [0.29, 0.717) is 0 Å². The maximum absolute atomic E-state index is 2.49. The van der Waals surface area contributed by atoms with Gasteiger partial charge in [0.15, 0.2) is 0 Å². The van der Waals surface area contributed by atoms with Gasteiger partial charge >= 0.3 is 0 Å². The molecular formula is C24H31N. The molecule has 0 spiro atoms. The largest absolute Gasteiger partial charge is 0.345 e. The summed E-state index contributed by atoms with van der Waals surface area (Å²) < 4.78 is 0. The zero-order valence-electron chi connectivity index (χ0n) is 16.6. The van der Waals surface area contributed by atoms with Crippen LogP contribution in [0.3, 0.4) is 0 Å². The van der Waals surface area contributed by atoms with E-state index in [-0.39, 0.29) is 10.8 Å². The van der Waals surface area contributed by atoms with Crippen LogP contribution in [0.4, 0.5) is 5.69 Å². The molecule has 0 bridgehead atoms. The van der Waals surface area contributed by atoms with Crippen LogP contribution in [0.2, 0.25) is 0 Å². The first kappa shape index (κ1) is 17.8. The first-order valence-corrected chi connectivity index (χ1v) is 9.44. The summed E-state index contributed by atoms with van der Waals surface area (Å²) in [5.41, 5.74) is 7.27. The van der Waals surface area contributed by atoms with Gasteiger partial charge in [-0.3, -0.25) is 0 Å². The SMILES string of the molecule is C/C=C1\N(CC)c2ccc(C(C)(C)C)cc2C1(C)Cc1ccccc1. The predicted molar refractivity (Wildman–Crippen MR) is 109 cm³/mol. The van der Waals surface area contributed by atoms with Gasteiger partial charge in [-0.1, -0.05) is 69.3 Å². The van der Waals surface area contributed by atoms with Crippen molar-refractivity contribution in [3.63, 3.8) is 0 Å². The molecular weight excluding hydrogens is 302 g/mol. The van der Waals surface area contributed by atoms with Gasteiger partial charge in [-0.25, -0.2) is 0 Å². The van der Waals surface area contributed by atoms with E-state index in [1.807, 2.05) is 0 Å². The van der Waals surface area contributed by atoms with Gasteiger partial charge in [0.1, 0.15) is 0 Å². The van der Waals surface area contributed by atoms with Crippen LogP contribution in [0.1, 0.15) is 58.2 Å². The lowest BCUT2D eigenvalue weighted by Crippen LogP contribution is -2.30. The van der Waals surface area contributed by atoms with Crippen LogP contribution in [0.5, 0.6) is 0 Å². The minimum atomic E-state index is 0.0166. The Morgan fingerprint density at radius 3 is 2.28 bits per heavy atom. The fourth-order valence-electron chi connectivity index (χ4n) is 4.25. The Hall–Kier alpha value is -2.02. The van der Waals surface area contributed by atoms with Gasteiger partial charge < -0.3 is 4.90 Å². The highest BCUT2D eigenvalue weighted by Gasteiger charge is 2.43. The van der Waals surface area contributed by atoms with Crippen LogP contribution in [-0.4, -0.2) is 6.54 Å². The molecule has 1 aliphatic heterocycles. The lowest BCUT2D eigenvalue weighted by atomic mass is 9.74. The Bertz CT molecular complexity index is 779. The van der Waals surface area contributed by atoms with E-state index in [4.69, 9.17) is 0 Å². The van der Waals surface area contributed by atoms with Gasteiger partial charge in [0, 0.05) is 23.3 Å². The van der Waals surface area contributed by atoms with Gasteiger partial charge in [0.05, 0.1) is 0 Å². The second-order valence-electron chi connectivity index (χ2n) is 8.39. The Balaban J connectivity index is 2.17. The van der Waals surface area contributed by atoms with Crippen LogP contribution in [0.25, 0.3) is 0 Å². The summed E-state index contributed by atoms with van der Waals surface area (Å²) >= 11 is 0. The fraction of sp³-hybridized carbons (Fsp3) is 0.417. The van der Waals surface area contributed by atoms with Crippen molar-refractivity contribution < 1.29 is 0 Å². The van der Waals surface area contributed by atoms with E-state index in [1.54, 1.807) is 0 Å². The average Bonchev–Trinajstić information content (AvgIpc) is 2.82. The summed E-state index contributed by atoms with van der Waals surface area (Å²) in [5.74, 6) is 0. The molecule has 0 amide bonds. The summed E-state index contributed by atoms with van der Waals surface area (Å²) in [7, 11) is 0. The Kier molecular flexibility index (Phi) is 4.53. The Morgan fingerprint density at radius 1 is 1.04 bits per heavy atom. The van der Waals surface area contributed by atoms with E-state index < -0.39 is 0 Å². The number of fused-ring (bicyclic) bond motifs is 1. The monoisotopic (exact) mass is 333 g/mol. The zero-order chi connectivity index (χ0) is 18.2. The number of nitrogens with zero attached hydrogens (tertiary/aromatic N) is 1. The fourth-order valence-corrected chi connectivity index (χ4v) is 4.25. The lowest BCUT2D eigenvalue weighted by Gasteiger charge is -2.30. The third kappa shape index (κ3) is 3.01. The smallest absolute Gasteiger partial charge is 0.0450 e. The topological polar surface area (TPSA) is 3.24 Å². The van der Waals surface area contributed by atoms with Crippen LogP contribution in [-0.2, 0) is 17.3 Å². The highest BCUT2D eigenvalue weighted by molar-refractivity contribution is 5.72. The Morgan fingerprint density at radius 2 is 1.72 bits per heavy atom. The molecule has 1 aliphatic rings. The predicted octanol–water partition coefficient (Wildman–Crippen LogP) is 6.23. The standard InChI is InChI=1S/C24H31N/c1-7-22-24(6,17-18-12-10-9-11-13-18)20-16-19(23(3,4)5)14-15-21(20)25(22)8-2/h7,9-16H,8,17H2,1-6H3/b22-7-. The molecule has 0 aromatic heterocycles. The second kappa shape index (κ2) is 6.37. The van der Waals surface area contributed by atoms with E-state index >= 15 is 0 Å².